The second kappa shape index (κ2) is 4.61. The lowest BCUT2D eigenvalue weighted by Crippen LogP contribution is -2.15. The third-order valence-corrected chi connectivity index (χ3v) is 3.84. The molecule has 96 valence electrons. The summed E-state index contributed by atoms with van der Waals surface area (Å²) in [5.74, 6) is 0. The number of aryl methyl sites for hydroxylation is 2. The topological polar surface area (TPSA) is 48.8 Å². The highest BCUT2D eigenvalue weighted by atomic mass is 15.1. The number of nitrogens with zero attached hydrogens (tertiary/aromatic N) is 3. The molecule has 1 atom stereocenters. The molecule has 0 fully saturated rings. The molecule has 0 aliphatic heterocycles. The molecule has 3 rings (SSSR count). The summed E-state index contributed by atoms with van der Waals surface area (Å²) in [4.78, 5) is 4.21. The van der Waals surface area contributed by atoms with E-state index in [1.807, 2.05) is 12.5 Å². The Morgan fingerprint density at radius 2 is 2.33 bits per heavy atom. The fourth-order valence-corrected chi connectivity index (χ4v) is 2.83. The van der Waals surface area contributed by atoms with Crippen LogP contribution in [0.4, 0.5) is 0 Å². The predicted molar refractivity (Wildman–Crippen MR) is 71.3 cm³/mol. The molecule has 1 aliphatic rings. The number of fused-ring (bicyclic) bond motifs is 1. The van der Waals surface area contributed by atoms with Crippen molar-refractivity contribution in [3.8, 4) is 0 Å². The van der Waals surface area contributed by atoms with Gasteiger partial charge in [-0.1, -0.05) is 0 Å². The summed E-state index contributed by atoms with van der Waals surface area (Å²) < 4.78 is 4.43. The van der Waals surface area contributed by atoms with Gasteiger partial charge in [-0.3, -0.25) is 0 Å². The zero-order chi connectivity index (χ0) is 12.5. The quantitative estimate of drug-likeness (QED) is 0.898. The average Bonchev–Trinajstić information content (AvgIpc) is 2.96. The highest BCUT2D eigenvalue weighted by Crippen LogP contribution is 2.28. The van der Waals surface area contributed by atoms with E-state index in [0.29, 0.717) is 0 Å². The van der Waals surface area contributed by atoms with Gasteiger partial charge in [-0.05, 0) is 37.3 Å². The summed E-state index contributed by atoms with van der Waals surface area (Å²) >= 11 is 0. The van der Waals surface area contributed by atoms with E-state index in [1.165, 1.54) is 29.7 Å². The minimum atomic E-state index is 0.228. The lowest BCUT2D eigenvalue weighted by molar-refractivity contribution is 0.573. The summed E-state index contributed by atoms with van der Waals surface area (Å²) in [6.45, 7) is 3.99. The van der Waals surface area contributed by atoms with Crippen molar-refractivity contribution in [2.75, 3.05) is 0 Å². The molecule has 2 N–H and O–H groups in total. The number of imidazole rings is 1. The fraction of sp³-hybridized carbons (Fsp3) is 0.500. The lowest BCUT2D eigenvalue weighted by Gasteiger charge is -2.17. The minimum absolute atomic E-state index is 0.228. The minimum Gasteiger partial charge on any atom is -0.348 e. The molecule has 0 radical (unpaired) electrons. The van der Waals surface area contributed by atoms with E-state index in [4.69, 9.17) is 5.73 Å². The van der Waals surface area contributed by atoms with E-state index in [2.05, 4.69) is 33.4 Å². The number of nitrogens with two attached hydrogens (primary N) is 1. The van der Waals surface area contributed by atoms with Crippen molar-refractivity contribution in [3.05, 3.63) is 41.7 Å². The van der Waals surface area contributed by atoms with Crippen LogP contribution in [0.25, 0.3) is 0 Å². The van der Waals surface area contributed by atoms with E-state index < -0.39 is 0 Å². The summed E-state index contributed by atoms with van der Waals surface area (Å²) in [6.07, 6.45) is 11.8. The lowest BCUT2D eigenvalue weighted by atomic mass is 9.92. The molecule has 1 aliphatic carbocycles. The normalized spacial score (nSPS) is 18.9. The first kappa shape index (κ1) is 11.5. The van der Waals surface area contributed by atoms with Crippen LogP contribution in [0.15, 0.2) is 24.9 Å². The Hall–Kier alpha value is -1.55. The van der Waals surface area contributed by atoms with Crippen molar-refractivity contribution in [1.82, 2.24) is 14.1 Å². The van der Waals surface area contributed by atoms with E-state index in [-0.39, 0.29) is 6.04 Å². The molecule has 0 bridgehead atoms. The van der Waals surface area contributed by atoms with Crippen LogP contribution in [-0.4, -0.2) is 14.1 Å². The fourth-order valence-electron chi connectivity index (χ4n) is 2.83. The molecule has 0 aromatic carbocycles. The van der Waals surface area contributed by atoms with Crippen LogP contribution in [0.3, 0.4) is 0 Å². The molecule has 2 aromatic rings. The van der Waals surface area contributed by atoms with Gasteiger partial charge in [-0.15, -0.1) is 0 Å². The first-order valence-electron chi connectivity index (χ1n) is 6.71. The number of hydrogen-bond acceptors (Lipinski definition) is 2. The molecule has 2 heterocycles. The Balaban J connectivity index is 1.85. The van der Waals surface area contributed by atoms with Gasteiger partial charge >= 0.3 is 0 Å². The second-order valence-corrected chi connectivity index (χ2v) is 5.08. The van der Waals surface area contributed by atoms with Gasteiger partial charge in [0.15, 0.2) is 0 Å². The van der Waals surface area contributed by atoms with E-state index in [0.717, 1.165) is 19.5 Å². The molecule has 4 heteroatoms. The van der Waals surface area contributed by atoms with Gasteiger partial charge in [-0.2, -0.15) is 0 Å². The maximum absolute atomic E-state index is 6.16. The maximum atomic E-state index is 6.16. The molecule has 0 amide bonds. The first-order valence-corrected chi connectivity index (χ1v) is 6.71. The van der Waals surface area contributed by atoms with Crippen molar-refractivity contribution < 1.29 is 0 Å². The molecular formula is C14H20N4. The van der Waals surface area contributed by atoms with Crippen LogP contribution in [0.5, 0.6) is 0 Å². The van der Waals surface area contributed by atoms with Crippen LogP contribution in [-0.2, 0) is 19.5 Å². The number of hydrogen-bond donors (Lipinski definition) is 1. The molecule has 0 saturated heterocycles. The van der Waals surface area contributed by atoms with Gasteiger partial charge in [0.25, 0.3) is 0 Å². The van der Waals surface area contributed by atoms with Crippen LogP contribution in [0, 0.1) is 0 Å². The first-order chi connectivity index (χ1) is 8.78. The van der Waals surface area contributed by atoms with E-state index >= 15 is 0 Å². The molecule has 2 aromatic heterocycles. The van der Waals surface area contributed by atoms with Gasteiger partial charge < -0.3 is 14.9 Å². The maximum Gasteiger partial charge on any atom is 0.0948 e. The van der Waals surface area contributed by atoms with Crippen molar-refractivity contribution >= 4 is 0 Å². The smallest absolute Gasteiger partial charge is 0.0948 e. The standard InChI is InChI=1S/C14H20N4/c1-2-18-10-16-6-12(18)8-17-7-11-4-3-5-14(15)13(11)9-17/h6-7,9-10,14H,2-5,8,15H2,1H3. The zero-order valence-corrected chi connectivity index (χ0v) is 10.8. The Morgan fingerprint density at radius 3 is 3.11 bits per heavy atom. The Morgan fingerprint density at radius 1 is 1.44 bits per heavy atom. The highest BCUT2D eigenvalue weighted by Gasteiger charge is 2.18. The predicted octanol–water partition coefficient (Wildman–Crippen LogP) is 2.09. The van der Waals surface area contributed by atoms with Crippen LogP contribution in [0.1, 0.15) is 42.6 Å². The van der Waals surface area contributed by atoms with Gasteiger partial charge in [-0.25, -0.2) is 4.98 Å². The summed E-state index contributed by atoms with van der Waals surface area (Å²) in [5, 5.41) is 0. The van der Waals surface area contributed by atoms with Gasteiger partial charge in [0.05, 0.1) is 18.6 Å². The van der Waals surface area contributed by atoms with Gasteiger partial charge in [0.2, 0.25) is 0 Å². The van der Waals surface area contributed by atoms with Crippen molar-refractivity contribution in [1.29, 1.82) is 0 Å². The largest absolute Gasteiger partial charge is 0.348 e. The third kappa shape index (κ3) is 1.97. The SMILES string of the molecule is CCn1cncc1Cn1cc2c(c1)C(N)CCC2. The van der Waals surface area contributed by atoms with E-state index in [9.17, 15) is 0 Å². The summed E-state index contributed by atoms with van der Waals surface area (Å²) in [5.41, 5.74) is 10.2. The van der Waals surface area contributed by atoms with Gasteiger partial charge in [0, 0.05) is 31.2 Å². The van der Waals surface area contributed by atoms with Crippen molar-refractivity contribution in [2.24, 2.45) is 5.73 Å². The molecule has 1 unspecified atom stereocenters. The second-order valence-electron chi connectivity index (χ2n) is 5.08. The zero-order valence-electron chi connectivity index (χ0n) is 10.8. The third-order valence-electron chi connectivity index (χ3n) is 3.84. The van der Waals surface area contributed by atoms with Gasteiger partial charge in [0.1, 0.15) is 0 Å². The molecular weight excluding hydrogens is 224 g/mol. The number of rotatable bonds is 3. The van der Waals surface area contributed by atoms with Crippen LogP contribution >= 0.6 is 0 Å². The summed E-state index contributed by atoms with van der Waals surface area (Å²) in [7, 11) is 0. The molecule has 0 saturated carbocycles. The van der Waals surface area contributed by atoms with Crippen molar-refractivity contribution in [2.45, 2.75) is 45.3 Å². The Bertz CT molecular complexity index is 538. The van der Waals surface area contributed by atoms with Crippen molar-refractivity contribution in [3.63, 3.8) is 0 Å². The molecule has 0 spiro atoms. The van der Waals surface area contributed by atoms with Crippen LogP contribution < -0.4 is 5.73 Å². The molecule has 18 heavy (non-hydrogen) atoms. The molecule has 4 nitrogen and oxygen atoms in total. The van der Waals surface area contributed by atoms with E-state index in [1.54, 1.807) is 0 Å². The Kier molecular flexibility index (Phi) is 2.96. The summed E-state index contributed by atoms with van der Waals surface area (Å²) in [6, 6.07) is 0.228. The number of aromatic nitrogens is 3. The average molecular weight is 244 g/mol. The van der Waals surface area contributed by atoms with Crippen LogP contribution in [0.2, 0.25) is 0 Å². The Labute approximate surface area is 107 Å². The monoisotopic (exact) mass is 244 g/mol. The highest BCUT2D eigenvalue weighted by molar-refractivity contribution is 5.30.